The standard InChI is InChI=1S/C18H17N3O2/c1-2-17(22)21-16(18(23)20-10-9-19)12-13-7-8-14-5-3-4-6-15(14)11-13/h2-8,11,16H,1,10,12H2,(H,20,23)(H,21,22). The highest BCUT2D eigenvalue weighted by Crippen LogP contribution is 2.16. The minimum atomic E-state index is -0.755. The van der Waals surface area contributed by atoms with Gasteiger partial charge in [0.15, 0.2) is 0 Å². The topological polar surface area (TPSA) is 82.0 Å². The minimum absolute atomic E-state index is 0.100. The summed E-state index contributed by atoms with van der Waals surface area (Å²) in [5.41, 5.74) is 0.921. The summed E-state index contributed by atoms with van der Waals surface area (Å²) in [6.07, 6.45) is 1.45. The van der Waals surface area contributed by atoms with Crippen molar-refractivity contribution in [2.75, 3.05) is 6.54 Å². The summed E-state index contributed by atoms with van der Waals surface area (Å²) >= 11 is 0. The second-order valence-corrected chi connectivity index (χ2v) is 5.03. The number of fused-ring (bicyclic) bond motifs is 1. The summed E-state index contributed by atoms with van der Waals surface area (Å²) in [5, 5.41) is 15.8. The largest absolute Gasteiger partial charge is 0.341 e. The van der Waals surface area contributed by atoms with E-state index >= 15 is 0 Å². The zero-order valence-corrected chi connectivity index (χ0v) is 12.6. The van der Waals surface area contributed by atoms with Crippen molar-refractivity contribution in [2.45, 2.75) is 12.5 Å². The summed E-state index contributed by atoms with van der Waals surface area (Å²) in [6, 6.07) is 14.9. The molecule has 2 aromatic carbocycles. The van der Waals surface area contributed by atoms with Gasteiger partial charge >= 0.3 is 0 Å². The number of nitriles is 1. The van der Waals surface area contributed by atoms with E-state index in [2.05, 4.69) is 17.2 Å². The van der Waals surface area contributed by atoms with Crippen molar-refractivity contribution in [2.24, 2.45) is 0 Å². The van der Waals surface area contributed by atoms with Crippen molar-refractivity contribution in [1.82, 2.24) is 10.6 Å². The van der Waals surface area contributed by atoms with Crippen molar-refractivity contribution < 1.29 is 9.59 Å². The van der Waals surface area contributed by atoms with E-state index in [0.29, 0.717) is 6.42 Å². The molecular formula is C18H17N3O2. The van der Waals surface area contributed by atoms with Crippen LogP contribution in [-0.2, 0) is 16.0 Å². The molecule has 0 spiro atoms. The SMILES string of the molecule is C=CC(=O)NC(Cc1ccc2ccccc2c1)C(=O)NCC#N. The highest BCUT2D eigenvalue weighted by molar-refractivity contribution is 5.93. The quantitative estimate of drug-likeness (QED) is 0.629. The van der Waals surface area contributed by atoms with Gasteiger partial charge in [-0.3, -0.25) is 9.59 Å². The first-order valence-corrected chi connectivity index (χ1v) is 7.19. The molecule has 1 unspecified atom stereocenters. The fourth-order valence-electron chi connectivity index (χ4n) is 2.29. The van der Waals surface area contributed by atoms with Gasteiger partial charge in [-0.05, 0) is 22.4 Å². The van der Waals surface area contributed by atoms with Gasteiger partial charge in [-0.1, -0.05) is 49.0 Å². The van der Waals surface area contributed by atoms with E-state index in [9.17, 15) is 9.59 Å². The molecular weight excluding hydrogens is 290 g/mol. The monoisotopic (exact) mass is 307 g/mol. The van der Waals surface area contributed by atoms with E-state index < -0.39 is 17.9 Å². The maximum absolute atomic E-state index is 12.1. The number of nitrogens with one attached hydrogen (secondary N) is 2. The van der Waals surface area contributed by atoms with Crippen LogP contribution in [0.15, 0.2) is 55.1 Å². The molecule has 0 heterocycles. The van der Waals surface area contributed by atoms with Crippen LogP contribution in [0.4, 0.5) is 0 Å². The fraction of sp³-hybridized carbons (Fsp3) is 0.167. The maximum Gasteiger partial charge on any atom is 0.244 e. The average molecular weight is 307 g/mol. The first-order chi connectivity index (χ1) is 11.1. The Labute approximate surface area is 134 Å². The molecule has 23 heavy (non-hydrogen) atoms. The number of carbonyl (C=O) groups excluding carboxylic acids is 2. The zero-order chi connectivity index (χ0) is 16.7. The van der Waals surface area contributed by atoms with Gasteiger partial charge in [0, 0.05) is 6.42 Å². The van der Waals surface area contributed by atoms with Crippen molar-refractivity contribution >= 4 is 22.6 Å². The van der Waals surface area contributed by atoms with Gasteiger partial charge in [-0.25, -0.2) is 0 Å². The predicted molar refractivity (Wildman–Crippen MR) is 88.4 cm³/mol. The molecule has 1 atom stereocenters. The van der Waals surface area contributed by atoms with Crippen LogP contribution in [0.2, 0.25) is 0 Å². The molecule has 2 N–H and O–H groups in total. The lowest BCUT2D eigenvalue weighted by molar-refractivity contribution is -0.126. The molecule has 2 aromatic rings. The Morgan fingerprint density at radius 2 is 1.96 bits per heavy atom. The molecule has 116 valence electrons. The molecule has 0 aliphatic rings. The van der Waals surface area contributed by atoms with Crippen LogP contribution in [0.25, 0.3) is 10.8 Å². The summed E-state index contributed by atoms with van der Waals surface area (Å²) < 4.78 is 0. The summed E-state index contributed by atoms with van der Waals surface area (Å²) in [5.74, 6) is -0.821. The van der Waals surface area contributed by atoms with Crippen LogP contribution in [0.5, 0.6) is 0 Å². The minimum Gasteiger partial charge on any atom is -0.341 e. The molecule has 0 saturated heterocycles. The van der Waals surface area contributed by atoms with Crippen LogP contribution < -0.4 is 10.6 Å². The second kappa shape index (κ2) is 7.76. The summed E-state index contributed by atoms with van der Waals surface area (Å²) in [6.45, 7) is 3.29. The highest BCUT2D eigenvalue weighted by atomic mass is 16.2. The number of hydrogen-bond donors (Lipinski definition) is 2. The van der Waals surface area contributed by atoms with Gasteiger partial charge in [-0.2, -0.15) is 5.26 Å². The van der Waals surface area contributed by atoms with Gasteiger partial charge in [0.2, 0.25) is 11.8 Å². The van der Waals surface area contributed by atoms with E-state index in [1.54, 1.807) is 0 Å². The van der Waals surface area contributed by atoms with E-state index in [1.807, 2.05) is 48.5 Å². The zero-order valence-electron chi connectivity index (χ0n) is 12.6. The molecule has 5 heteroatoms. The van der Waals surface area contributed by atoms with Crippen LogP contribution in [0, 0.1) is 11.3 Å². The third-order valence-electron chi connectivity index (χ3n) is 3.41. The predicted octanol–water partition coefficient (Wildman–Crippen LogP) is 1.69. The second-order valence-electron chi connectivity index (χ2n) is 5.03. The van der Waals surface area contributed by atoms with Crippen molar-refractivity contribution in [3.8, 4) is 6.07 Å². The third kappa shape index (κ3) is 4.42. The maximum atomic E-state index is 12.1. The molecule has 0 aliphatic heterocycles. The molecule has 0 saturated carbocycles. The van der Waals surface area contributed by atoms with E-state index in [1.165, 1.54) is 0 Å². The normalized spacial score (nSPS) is 11.3. The Morgan fingerprint density at radius 3 is 2.65 bits per heavy atom. The fourth-order valence-corrected chi connectivity index (χ4v) is 2.29. The summed E-state index contributed by atoms with van der Waals surface area (Å²) in [7, 11) is 0. The highest BCUT2D eigenvalue weighted by Gasteiger charge is 2.20. The Hall–Kier alpha value is -3.13. The third-order valence-corrected chi connectivity index (χ3v) is 3.41. The molecule has 0 aliphatic carbocycles. The molecule has 0 bridgehead atoms. The molecule has 2 rings (SSSR count). The number of nitrogens with zero attached hydrogens (tertiary/aromatic N) is 1. The van der Waals surface area contributed by atoms with Crippen LogP contribution in [0.3, 0.4) is 0 Å². The molecule has 2 amide bonds. The molecule has 0 aromatic heterocycles. The van der Waals surface area contributed by atoms with Gasteiger partial charge in [0.05, 0.1) is 6.07 Å². The summed E-state index contributed by atoms with van der Waals surface area (Å²) in [4.78, 5) is 23.6. The van der Waals surface area contributed by atoms with Crippen molar-refractivity contribution in [1.29, 1.82) is 5.26 Å². The Kier molecular flexibility index (Phi) is 5.48. The number of benzene rings is 2. The van der Waals surface area contributed by atoms with Crippen LogP contribution in [-0.4, -0.2) is 24.4 Å². The Bertz CT molecular complexity index is 777. The van der Waals surface area contributed by atoms with Crippen LogP contribution in [0.1, 0.15) is 5.56 Å². The lowest BCUT2D eigenvalue weighted by atomic mass is 10.0. The number of hydrogen-bond acceptors (Lipinski definition) is 3. The number of amides is 2. The van der Waals surface area contributed by atoms with Crippen molar-refractivity contribution in [3.63, 3.8) is 0 Å². The van der Waals surface area contributed by atoms with Gasteiger partial charge in [0.1, 0.15) is 12.6 Å². The smallest absolute Gasteiger partial charge is 0.244 e. The first-order valence-electron chi connectivity index (χ1n) is 7.19. The lowest BCUT2D eigenvalue weighted by Gasteiger charge is -2.17. The molecule has 0 fully saturated rings. The van der Waals surface area contributed by atoms with E-state index in [-0.39, 0.29) is 6.54 Å². The molecule has 0 radical (unpaired) electrons. The first kappa shape index (κ1) is 16.2. The Balaban J connectivity index is 2.20. The van der Waals surface area contributed by atoms with E-state index in [4.69, 9.17) is 5.26 Å². The van der Waals surface area contributed by atoms with E-state index in [0.717, 1.165) is 22.4 Å². The van der Waals surface area contributed by atoms with Gasteiger partial charge < -0.3 is 10.6 Å². The Morgan fingerprint density at radius 1 is 1.22 bits per heavy atom. The molecule has 5 nitrogen and oxygen atoms in total. The average Bonchev–Trinajstić information content (AvgIpc) is 2.58. The van der Waals surface area contributed by atoms with Crippen molar-refractivity contribution in [3.05, 3.63) is 60.7 Å². The number of rotatable bonds is 6. The van der Waals surface area contributed by atoms with Gasteiger partial charge in [0.25, 0.3) is 0 Å². The lowest BCUT2D eigenvalue weighted by Crippen LogP contribution is -2.47. The van der Waals surface area contributed by atoms with Crippen LogP contribution >= 0.6 is 0 Å². The number of carbonyl (C=O) groups is 2. The van der Waals surface area contributed by atoms with Gasteiger partial charge in [-0.15, -0.1) is 0 Å².